The lowest BCUT2D eigenvalue weighted by Gasteiger charge is -2.35. The van der Waals surface area contributed by atoms with Crippen molar-refractivity contribution in [2.45, 2.75) is 39.2 Å². The van der Waals surface area contributed by atoms with Crippen molar-refractivity contribution in [1.82, 2.24) is 19.7 Å². The molecule has 2 heterocycles. The molecule has 1 amide bonds. The van der Waals surface area contributed by atoms with Gasteiger partial charge in [0.05, 0.1) is 19.3 Å². The van der Waals surface area contributed by atoms with Gasteiger partial charge < -0.3 is 18.9 Å². The second-order valence-corrected chi connectivity index (χ2v) is 6.34. The Balaban J connectivity index is 1.89. The fourth-order valence-electron chi connectivity index (χ4n) is 3.39. The summed E-state index contributed by atoms with van der Waals surface area (Å²) in [5, 5.41) is 8.20. The molecule has 140 valence electrons. The molecule has 7 nitrogen and oxygen atoms in total. The lowest BCUT2D eigenvalue weighted by Crippen LogP contribution is -2.39. The molecule has 0 radical (unpaired) electrons. The van der Waals surface area contributed by atoms with Crippen molar-refractivity contribution in [3.05, 3.63) is 35.9 Å². The van der Waals surface area contributed by atoms with Crippen LogP contribution in [0.2, 0.25) is 0 Å². The van der Waals surface area contributed by atoms with Crippen LogP contribution < -0.4 is 9.47 Å². The van der Waals surface area contributed by atoms with E-state index in [1.165, 1.54) is 0 Å². The number of benzene rings is 1. The second-order valence-electron chi connectivity index (χ2n) is 6.34. The molecule has 0 saturated carbocycles. The van der Waals surface area contributed by atoms with Crippen molar-refractivity contribution < 1.29 is 14.3 Å². The zero-order valence-electron chi connectivity index (χ0n) is 15.6. The van der Waals surface area contributed by atoms with E-state index in [4.69, 9.17) is 9.47 Å². The van der Waals surface area contributed by atoms with Crippen molar-refractivity contribution >= 4 is 5.91 Å². The Hall–Kier alpha value is -2.57. The maximum Gasteiger partial charge on any atom is 0.254 e. The molecule has 0 aliphatic carbocycles. The highest BCUT2D eigenvalue weighted by molar-refractivity contribution is 5.95. The number of hydrogen-bond acceptors (Lipinski definition) is 5. The number of hydrogen-bond donors (Lipinski definition) is 0. The van der Waals surface area contributed by atoms with Gasteiger partial charge in [0.15, 0.2) is 17.3 Å². The quantitative estimate of drug-likeness (QED) is 0.794. The van der Waals surface area contributed by atoms with E-state index in [1.54, 1.807) is 18.5 Å². The minimum Gasteiger partial charge on any atom is -0.490 e. The standard InChI is InChI=1S/C19H26N4O3/c1-4-25-16-10-9-14(12-17(16)26-5-2)19(24)23-11-7-6-8-15(23)18-21-20-13-22(18)3/h9-10,12-13,15H,4-8,11H2,1-3H3/t15-/m1/s1. The highest BCUT2D eigenvalue weighted by Crippen LogP contribution is 2.33. The molecule has 1 atom stereocenters. The monoisotopic (exact) mass is 358 g/mol. The first-order valence-corrected chi connectivity index (χ1v) is 9.20. The van der Waals surface area contributed by atoms with Crippen LogP contribution in [0.3, 0.4) is 0 Å². The average molecular weight is 358 g/mol. The number of aryl methyl sites for hydroxylation is 1. The minimum atomic E-state index is -0.0501. The lowest BCUT2D eigenvalue weighted by molar-refractivity contribution is 0.0595. The Kier molecular flexibility index (Phi) is 5.75. The molecule has 1 saturated heterocycles. The molecular formula is C19H26N4O3. The Morgan fingerprint density at radius 2 is 1.96 bits per heavy atom. The van der Waals surface area contributed by atoms with Crippen LogP contribution in [0.25, 0.3) is 0 Å². The van der Waals surface area contributed by atoms with Gasteiger partial charge in [-0.3, -0.25) is 4.79 Å². The molecule has 1 aliphatic heterocycles. The van der Waals surface area contributed by atoms with E-state index in [9.17, 15) is 4.79 Å². The molecule has 1 fully saturated rings. The summed E-state index contributed by atoms with van der Waals surface area (Å²) >= 11 is 0. The molecule has 1 aromatic carbocycles. The lowest BCUT2D eigenvalue weighted by atomic mass is 10.00. The summed E-state index contributed by atoms with van der Waals surface area (Å²) in [5.74, 6) is 2.08. The van der Waals surface area contributed by atoms with Crippen LogP contribution in [0.1, 0.15) is 55.3 Å². The van der Waals surface area contributed by atoms with Crippen LogP contribution >= 0.6 is 0 Å². The number of rotatable bonds is 6. The Morgan fingerprint density at radius 3 is 2.65 bits per heavy atom. The molecule has 3 rings (SSSR count). The van der Waals surface area contributed by atoms with Crippen LogP contribution in [-0.4, -0.2) is 45.3 Å². The van der Waals surface area contributed by atoms with Crippen LogP contribution in [0.4, 0.5) is 0 Å². The first-order chi connectivity index (χ1) is 12.7. The minimum absolute atomic E-state index is 0.0123. The van der Waals surface area contributed by atoms with Crippen LogP contribution in [-0.2, 0) is 7.05 Å². The van der Waals surface area contributed by atoms with Crippen molar-refractivity contribution in [2.24, 2.45) is 7.05 Å². The van der Waals surface area contributed by atoms with Gasteiger partial charge in [-0.1, -0.05) is 0 Å². The van der Waals surface area contributed by atoms with Crippen LogP contribution in [0.15, 0.2) is 24.5 Å². The van der Waals surface area contributed by atoms with E-state index < -0.39 is 0 Å². The molecule has 0 spiro atoms. The Labute approximate surface area is 153 Å². The number of aromatic nitrogens is 3. The van der Waals surface area contributed by atoms with E-state index >= 15 is 0 Å². The van der Waals surface area contributed by atoms with Gasteiger partial charge in [0.2, 0.25) is 0 Å². The third-order valence-corrected chi connectivity index (χ3v) is 4.60. The molecule has 26 heavy (non-hydrogen) atoms. The Morgan fingerprint density at radius 1 is 1.19 bits per heavy atom. The zero-order valence-corrected chi connectivity index (χ0v) is 15.6. The number of ether oxygens (including phenoxy) is 2. The maximum atomic E-state index is 13.2. The van der Waals surface area contributed by atoms with Gasteiger partial charge in [-0.2, -0.15) is 0 Å². The van der Waals surface area contributed by atoms with E-state index in [1.807, 2.05) is 36.4 Å². The van der Waals surface area contributed by atoms with Crippen molar-refractivity contribution in [3.8, 4) is 11.5 Å². The first kappa shape index (κ1) is 18.2. The summed E-state index contributed by atoms with van der Waals surface area (Å²) in [5.41, 5.74) is 0.603. The second kappa shape index (κ2) is 8.21. The van der Waals surface area contributed by atoms with Crippen molar-refractivity contribution in [1.29, 1.82) is 0 Å². The molecular weight excluding hydrogens is 332 g/mol. The van der Waals surface area contributed by atoms with Gasteiger partial charge in [0, 0.05) is 19.2 Å². The number of amides is 1. The van der Waals surface area contributed by atoms with Gasteiger partial charge in [-0.25, -0.2) is 0 Å². The van der Waals surface area contributed by atoms with Gasteiger partial charge in [0.25, 0.3) is 5.91 Å². The number of piperidine rings is 1. The molecule has 0 unspecified atom stereocenters. The van der Waals surface area contributed by atoms with Crippen LogP contribution in [0.5, 0.6) is 11.5 Å². The normalized spacial score (nSPS) is 17.2. The van der Waals surface area contributed by atoms with E-state index in [-0.39, 0.29) is 11.9 Å². The third-order valence-electron chi connectivity index (χ3n) is 4.60. The summed E-state index contributed by atoms with van der Waals surface area (Å²) in [6, 6.07) is 5.34. The van der Waals surface area contributed by atoms with Gasteiger partial charge >= 0.3 is 0 Å². The van der Waals surface area contributed by atoms with E-state index in [0.717, 1.165) is 25.1 Å². The number of carbonyl (C=O) groups is 1. The molecule has 1 aliphatic rings. The summed E-state index contributed by atoms with van der Waals surface area (Å²) in [7, 11) is 1.91. The highest BCUT2D eigenvalue weighted by Gasteiger charge is 2.31. The number of nitrogens with zero attached hydrogens (tertiary/aromatic N) is 4. The summed E-state index contributed by atoms with van der Waals surface area (Å²) in [6.45, 7) is 5.62. The molecule has 0 bridgehead atoms. The predicted molar refractivity (Wildman–Crippen MR) is 97.4 cm³/mol. The SMILES string of the molecule is CCOc1ccc(C(=O)N2CCCC[C@@H]2c2nncn2C)cc1OCC. The number of likely N-dealkylation sites (tertiary alicyclic amines) is 1. The summed E-state index contributed by atoms with van der Waals surface area (Å²) in [6.07, 6.45) is 4.65. The number of carbonyl (C=O) groups excluding carboxylic acids is 1. The van der Waals surface area contributed by atoms with E-state index in [0.29, 0.717) is 36.8 Å². The van der Waals surface area contributed by atoms with E-state index in [2.05, 4.69) is 10.2 Å². The van der Waals surface area contributed by atoms with Gasteiger partial charge in [0.1, 0.15) is 6.33 Å². The van der Waals surface area contributed by atoms with Crippen molar-refractivity contribution in [3.63, 3.8) is 0 Å². The fourth-order valence-corrected chi connectivity index (χ4v) is 3.39. The maximum absolute atomic E-state index is 13.2. The fraction of sp³-hybridized carbons (Fsp3) is 0.526. The van der Waals surface area contributed by atoms with Gasteiger partial charge in [-0.05, 0) is 51.3 Å². The smallest absolute Gasteiger partial charge is 0.254 e. The average Bonchev–Trinajstić information content (AvgIpc) is 3.09. The molecule has 2 aromatic rings. The van der Waals surface area contributed by atoms with Crippen LogP contribution in [0, 0.1) is 0 Å². The summed E-state index contributed by atoms with van der Waals surface area (Å²) in [4.78, 5) is 15.1. The molecule has 0 N–H and O–H groups in total. The van der Waals surface area contributed by atoms with Gasteiger partial charge in [-0.15, -0.1) is 10.2 Å². The first-order valence-electron chi connectivity index (χ1n) is 9.20. The largest absolute Gasteiger partial charge is 0.490 e. The topological polar surface area (TPSA) is 69.5 Å². The zero-order chi connectivity index (χ0) is 18.5. The van der Waals surface area contributed by atoms with Crippen molar-refractivity contribution in [2.75, 3.05) is 19.8 Å². The summed E-state index contributed by atoms with van der Waals surface area (Å²) < 4.78 is 13.1. The Bertz CT molecular complexity index is 759. The highest BCUT2D eigenvalue weighted by atomic mass is 16.5. The molecule has 1 aromatic heterocycles. The predicted octanol–water partition coefficient (Wildman–Crippen LogP) is 2.98. The molecule has 7 heteroatoms. The third kappa shape index (κ3) is 3.66.